The zero-order chi connectivity index (χ0) is 38.8. The van der Waals surface area contributed by atoms with E-state index in [-0.39, 0.29) is 53.9 Å². The molecule has 3 aliphatic heterocycles. The molecule has 3 heterocycles. The highest BCUT2D eigenvalue weighted by atomic mass is 32.2. The molecule has 1 aromatic carbocycles. The normalized spacial score (nSPS) is 30.1. The standard InChI is InChI=1S/C41H61NO10S/c1-9-19-48-20-13-14-31-22-28(3)35(49-31)18-17-32-21-27(2)29(4)36(50-32)24-37-34(26-53(45,46)33-15-11-10-12-16-33)39(47-8)38(51-37)23-30(43)25-42-40(44)52-41(5,6)7/h9-16,27,30-32,34-39,43H,1,3-4,17-26H2,2,5-8H3,(H,42,44)/b14-13+/t27-,30+,31+,32+,34+,35?,36?,37+,38-,39-/m1/s1. The molecule has 4 rings (SSSR count). The van der Waals surface area contributed by atoms with Crippen LogP contribution >= 0.6 is 0 Å². The molecular weight excluding hydrogens is 699 g/mol. The summed E-state index contributed by atoms with van der Waals surface area (Å²) in [5.41, 5.74) is 1.33. The lowest BCUT2D eigenvalue weighted by Gasteiger charge is -2.38. The summed E-state index contributed by atoms with van der Waals surface area (Å²) >= 11 is 0. The van der Waals surface area contributed by atoms with Crippen LogP contribution in [0.25, 0.3) is 0 Å². The molecule has 10 atom stereocenters. The molecule has 11 nitrogen and oxygen atoms in total. The summed E-state index contributed by atoms with van der Waals surface area (Å²) in [4.78, 5) is 12.5. The minimum absolute atomic E-state index is 0.0320. The first-order valence-electron chi connectivity index (χ1n) is 18.7. The molecule has 2 unspecified atom stereocenters. The monoisotopic (exact) mass is 759 g/mol. The van der Waals surface area contributed by atoms with E-state index in [0.717, 1.165) is 36.8 Å². The molecule has 0 saturated carbocycles. The number of hydrogen-bond acceptors (Lipinski definition) is 10. The zero-order valence-electron chi connectivity index (χ0n) is 32.1. The number of carbonyl (C=O) groups is 1. The predicted molar refractivity (Wildman–Crippen MR) is 204 cm³/mol. The lowest BCUT2D eigenvalue weighted by molar-refractivity contribution is -0.0769. The molecule has 12 heteroatoms. The molecule has 0 aliphatic carbocycles. The average Bonchev–Trinajstić information content (AvgIpc) is 3.61. The highest BCUT2D eigenvalue weighted by molar-refractivity contribution is 7.91. The lowest BCUT2D eigenvalue weighted by atomic mass is 9.83. The number of benzene rings is 1. The third-order valence-corrected chi connectivity index (χ3v) is 11.9. The second-order valence-corrected chi connectivity index (χ2v) is 17.5. The summed E-state index contributed by atoms with van der Waals surface area (Å²) in [6, 6.07) is 8.35. The second kappa shape index (κ2) is 19.7. The summed E-state index contributed by atoms with van der Waals surface area (Å²) in [6.45, 7) is 20.7. The quantitative estimate of drug-likeness (QED) is 0.133. The second-order valence-electron chi connectivity index (χ2n) is 15.5. The maximum absolute atomic E-state index is 13.7. The highest BCUT2D eigenvalue weighted by Gasteiger charge is 2.49. The maximum atomic E-state index is 13.7. The number of methoxy groups -OCH3 is 1. The number of carbonyl (C=O) groups excluding carboxylic acids is 1. The number of rotatable bonds is 18. The molecule has 296 valence electrons. The van der Waals surface area contributed by atoms with Crippen LogP contribution in [0.1, 0.15) is 66.2 Å². The van der Waals surface area contributed by atoms with Crippen LogP contribution in [0.15, 0.2) is 84.3 Å². The van der Waals surface area contributed by atoms with Gasteiger partial charge in [-0.15, -0.1) is 6.58 Å². The van der Waals surface area contributed by atoms with Gasteiger partial charge in [0.1, 0.15) is 5.60 Å². The number of sulfone groups is 1. The van der Waals surface area contributed by atoms with Crippen LogP contribution in [0.5, 0.6) is 0 Å². The van der Waals surface area contributed by atoms with E-state index in [1.165, 1.54) is 7.11 Å². The molecule has 3 fully saturated rings. The molecule has 1 aromatic rings. The molecule has 0 radical (unpaired) electrons. The minimum Gasteiger partial charge on any atom is -0.444 e. The Bertz CT molecular complexity index is 1510. The molecule has 0 aromatic heterocycles. The fraction of sp³-hybridized carbons (Fsp3) is 0.634. The first-order valence-corrected chi connectivity index (χ1v) is 20.4. The summed E-state index contributed by atoms with van der Waals surface area (Å²) in [7, 11) is -2.19. The molecular formula is C41H61NO10S. The van der Waals surface area contributed by atoms with Gasteiger partial charge >= 0.3 is 6.09 Å². The van der Waals surface area contributed by atoms with Gasteiger partial charge in [-0.1, -0.05) is 56.5 Å². The van der Waals surface area contributed by atoms with Gasteiger partial charge in [0.2, 0.25) is 0 Å². The third-order valence-electron chi connectivity index (χ3n) is 10.1. The van der Waals surface area contributed by atoms with Gasteiger partial charge in [0.05, 0.1) is 72.7 Å². The first kappa shape index (κ1) is 42.9. The van der Waals surface area contributed by atoms with Gasteiger partial charge in [-0.05, 0) is 69.2 Å². The third kappa shape index (κ3) is 12.9. The van der Waals surface area contributed by atoms with E-state index in [9.17, 15) is 18.3 Å². The van der Waals surface area contributed by atoms with Gasteiger partial charge in [-0.3, -0.25) is 0 Å². The van der Waals surface area contributed by atoms with Crippen molar-refractivity contribution in [1.29, 1.82) is 0 Å². The number of amides is 1. The van der Waals surface area contributed by atoms with Gasteiger partial charge in [-0.25, -0.2) is 13.2 Å². The molecule has 0 spiro atoms. The number of aliphatic hydroxyl groups is 1. The Balaban J connectivity index is 1.43. The van der Waals surface area contributed by atoms with Gasteiger partial charge in [0.15, 0.2) is 9.84 Å². The van der Waals surface area contributed by atoms with Crippen molar-refractivity contribution in [2.24, 2.45) is 11.8 Å². The Morgan fingerprint density at radius 1 is 1.08 bits per heavy atom. The van der Waals surface area contributed by atoms with E-state index in [1.54, 1.807) is 57.2 Å². The Morgan fingerprint density at radius 3 is 2.49 bits per heavy atom. The molecule has 2 N–H and O–H groups in total. The Morgan fingerprint density at radius 2 is 1.81 bits per heavy atom. The van der Waals surface area contributed by atoms with E-state index in [4.69, 9.17) is 28.4 Å². The van der Waals surface area contributed by atoms with Crippen molar-refractivity contribution in [3.8, 4) is 0 Å². The largest absolute Gasteiger partial charge is 0.444 e. The van der Waals surface area contributed by atoms with Crippen LogP contribution in [0, 0.1) is 11.8 Å². The maximum Gasteiger partial charge on any atom is 0.407 e. The summed E-state index contributed by atoms with van der Waals surface area (Å²) in [5.74, 6) is -0.589. The number of hydrogen-bond donors (Lipinski definition) is 2. The Kier molecular flexibility index (Phi) is 15.9. The van der Waals surface area contributed by atoms with Crippen molar-refractivity contribution >= 4 is 15.9 Å². The van der Waals surface area contributed by atoms with Crippen LogP contribution in [0.4, 0.5) is 4.79 Å². The van der Waals surface area contributed by atoms with E-state index in [0.29, 0.717) is 19.6 Å². The molecule has 1 amide bonds. The summed E-state index contributed by atoms with van der Waals surface area (Å²) in [6.07, 6.45) is 5.34. The van der Waals surface area contributed by atoms with Crippen molar-refractivity contribution in [2.45, 2.75) is 126 Å². The predicted octanol–water partition coefficient (Wildman–Crippen LogP) is 6.13. The van der Waals surface area contributed by atoms with Crippen LogP contribution in [-0.2, 0) is 38.3 Å². The van der Waals surface area contributed by atoms with Crippen molar-refractivity contribution < 1.29 is 46.7 Å². The van der Waals surface area contributed by atoms with Gasteiger partial charge in [0.25, 0.3) is 0 Å². The van der Waals surface area contributed by atoms with Crippen LogP contribution in [0.2, 0.25) is 0 Å². The Hall–Kier alpha value is -2.84. The molecule has 3 saturated heterocycles. The highest BCUT2D eigenvalue weighted by Crippen LogP contribution is 2.41. The molecule has 53 heavy (non-hydrogen) atoms. The van der Waals surface area contributed by atoms with Gasteiger partial charge in [0, 0.05) is 38.8 Å². The summed E-state index contributed by atoms with van der Waals surface area (Å²) in [5, 5.41) is 13.6. The van der Waals surface area contributed by atoms with Crippen molar-refractivity contribution in [3.63, 3.8) is 0 Å². The Labute approximate surface area is 316 Å². The van der Waals surface area contributed by atoms with Crippen molar-refractivity contribution in [3.05, 3.63) is 79.4 Å². The van der Waals surface area contributed by atoms with Crippen LogP contribution < -0.4 is 5.32 Å². The minimum atomic E-state index is -3.72. The van der Waals surface area contributed by atoms with Gasteiger partial charge < -0.3 is 38.8 Å². The number of aliphatic hydroxyl groups excluding tert-OH is 1. The summed E-state index contributed by atoms with van der Waals surface area (Å²) < 4.78 is 63.7. The average molecular weight is 760 g/mol. The molecule has 3 aliphatic rings. The zero-order valence-corrected chi connectivity index (χ0v) is 32.9. The lowest BCUT2D eigenvalue weighted by Crippen LogP contribution is -2.41. The van der Waals surface area contributed by atoms with Crippen molar-refractivity contribution in [1.82, 2.24) is 5.32 Å². The topological polar surface area (TPSA) is 139 Å². The van der Waals surface area contributed by atoms with E-state index < -0.39 is 51.9 Å². The molecule has 0 bridgehead atoms. The fourth-order valence-electron chi connectivity index (χ4n) is 7.42. The number of nitrogens with one attached hydrogen (secondary N) is 1. The SMILES string of the molecule is C=CCOC/C=C/[C@H]1CC(=C)C(CC[C@H]2C[C@@H](C)C(=C)C(C[C@@H]3O[C@H](C[C@H](O)CNC(=O)OC(C)(C)C)[C@H](OC)[C@H]3CS(=O)(=O)c3ccccc3)O2)O1. The smallest absolute Gasteiger partial charge is 0.407 e. The first-order chi connectivity index (χ1) is 25.1. The fourth-order valence-corrected chi connectivity index (χ4v) is 9.10. The van der Waals surface area contributed by atoms with Crippen LogP contribution in [0.3, 0.4) is 0 Å². The van der Waals surface area contributed by atoms with Crippen molar-refractivity contribution in [2.75, 3.05) is 32.6 Å². The number of ether oxygens (including phenoxy) is 6. The van der Waals surface area contributed by atoms with E-state index >= 15 is 0 Å². The van der Waals surface area contributed by atoms with E-state index in [2.05, 4.69) is 32.0 Å². The van der Waals surface area contributed by atoms with E-state index in [1.807, 2.05) is 12.2 Å². The number of alkyl carbamates (subject to hydrolysis) is 1. The van der Waals surface area contributed by atoms with Gasteiger partial charge in [-0.2, -0.15) is 0 Å². The van der Waals surface area contributed by atoms with Crippen LogP contribution in [-0.4, -0.2) is 107 Å².